The van der Waals surface area contributed by atoms with Crippen molar-refractivity contribution in [3.05, 3.63) is 58.6 Å². The molecular formula is C11H10N2OS. The lowest BCUT2D eigenvalue weighted by Crippen LogP contribution is -2.03. The molecule has 1 aromatic carbocycles. The van der Waals surface area contributed by atoms with E-state index in [0.717, 1.165) is 10.8 Å². The molecule has 0 radical (unpaired) electrons. The lowest BCUT2D eigenvalue weighted by atomic mass is 10.2. The van der Waals surface area contributed by atoms with E-state index in [1.54, 1.807) is 18.0 Å². The summed E-state index contributed by atoms with van der Waals surface area (Å²) in [5.74, 6) is 0.861. The molecule has 0 bridgehead atoms. The summed E-state index contributed by atoms with van der Waals surface area (Å²) in [6.07, 6.45) is 2.93. The third-order valence-corrected chi connectivity index (χ3v) is 2.87. The van der Waals surface area contributed by atoms with Crippen LogP contribution in [0.15, 0.2) is 52.5 Å². The zero-order valence-electron chi connectivity index (χ0n) is 8.01. The van der Waals surface area contributed by atoms with Crippen molar-refractivity contribution < 1.29 is 0 Å². The number of nitrogens with zero attached hydrogens (tertiary/aromatic N) is 1. The molecular weight excluding hydrogens is 208 g/mol. The maximum Gasteiger partial charge on any atom is 0.266 e. The average molecular weight is 218 g/mol. The molecule has 0 saturated heterocycles. The molecule has 4 heteroatoms. The molecule has 0 atom stereocenters. The first kappa shape index (κ1) is 9.98. The van der Waals surface area contributed by atoms with Crippen LogP contribution in [0.5, 0.6) is 0 Å². The molecule has 0 aliphatic carbocycles. The van der Waals surface area contributed by atoms with Gasteiger partial charge in [-0.25, -0.2) is 4.98 Å². The summed E-state index contributed by atoms with van der Waals surface area (Å²) in [5.41, 5.74) is 1.08. The standard InChI is InChI=1S/C11H10N2OS/c14-10-6-13-11(7-12-10)15-8-9-4-2-1-3-5-9/h1-7H,8H2,(H,12,14). The van der Waals surface area contributed by atoms with E-state index in [0.29, 0.717) is 0 Å². The number of rotatable bonds is 3. The summed E-state index contributed by atoms with van der Waals surface area (Å²) in [6.45, 7) is 0. The lowest BCUT2D eigenvalue weighted by Gasteiger charge is -1.99. The summed E-state index contributed by atoms with van der Waals surface area (Å²) >= 11 is 1.60. The second-order valence-corrected chi connectivity index (χ2v) is 4.02. The van der Waals surface area contributed by atoms with Crippen LogP contribution in [0.2, 0.25) is 0 Å². The van der Waals surface area contributed by atoms with Crippen molar-refractivity contribution in [3.8, 4) is 0 Å². The number of H-pyrrole nitrogens is 1. The number of nitrogens with one attached hydrogen (secondary N) is 1. The Labute approximate surface area is 91.6 Å². The number of aromatic amines is 1. The zero-order valence-corrected chi connectivity index (χ0v) is 8.83. The summed E-state index contributed by atoms with van der Waals surface area (Å²) in [4.78, 5) is 17.4. The first-order valence-electron chi connectivity index (χ1n) is 4.56. The largest absolute Gasteiger partial charge is 0.325 e. The van der Waals surface area contributed by atoms with Crippen LogP contribution in [0, 0.1) is 0 Å². The van der Waals surface area contributed by atoms with E-state index >= 15 is 0 Å². The average Bonchev–Trinajstić information content (AvgIpc) is 2.30. The molecule has 1 N–H and O–H groups in total. The smallest absolute Gasteiger partial charge is 0.266 e. The normalized spacial score (nSPS) is 10.1. The minimum absolute atomic E-state index is 0.168. The fraction of sp³-hybridized carbons (Fsp3) is 0.0909. The van der Waals surface area contributed by atoms with Gasteiger partial charge < -0.3 is 4.98 Å². The molecule has 2 aromatic rings. The highest BCUT2D eigenvalue weighted by Gasteiger charge is 1.96. The van der Waals surface area contributed by atoms with Gasteiger partial charge in [-0.3, -0.25) is 4.79 Å². The summed E-state index contributed by atoms with van der Waals surface area (Å²) in [7, 11) is 0. The second kappa shape index (κ2) is 4.79. The maximum absolute atomic E-state index is 10.8. The Morgan fingerprint density at radius 1 is 1.27 bits per heavy atom. The lowest BCUT2D eigenvalue weighted by molar-refractivity contribution is 1.02. The van der Waals surface area contributed by atoms with Crippen molar-refractivity contribution in [1.29, 1.82) is 0 Å². The van der Waals surface area contributed by atoms with Crippen molar-refractivity contribution in [2.75, 3.05) is 0 Å². The second-order valence-electron chi connectivity index (χ2n) is 3.02. The summed E-state index contributed by atoms with van der Waals surface area (Å²) < 4.78 is 0. The van der Waals surface area contributed by atoms with Crippen LogP contribution in [0.3, 0.4) is 0 Å². The van der Waals surface area contributed by atoms with Crippen molar-refractivity contribution in [2.24, 2.45) is 0 Å². The highest BCUT2D eigenvalue weighted by atomic mass is 32.2. The van der Waals surface area contributed by atoms with E-state index < -0.39 is 0 Å². The molecule has 0 aliphatic heterocycles. The Morgan fingerprint density at radius 2 is 2.07 bits per heavy atom. The monoisotopic (exact) mass is 218 g/mol. The predicted octanol–water partition coefficient (Wildman–Crippen LogP) is 2.06. The van der Waals surface area contributed by atoms with Crippen molar-refractivity contribution >= 4 is 11.8 Å². The van der Waals surface area contributed by atoms with E-state index in [4.69, 9.17) is 0 Å². The minimum Gasteiger partial charge on any atom is -0.325 e. The van der Waals surface area contributed by atoms with Gasteiger partial charge >= 0.3 is 0 Å². The van der Waals surface area contributed by atoms with E-state index in [1.165, 1.54) is 11.8 Å². The van der Waals surface area contributed by atoms with Crippen LogP contribution < -0.4 is 5.56 Å². The number of aromatic nitrogens is 2. The van der Waals surface area contributed by atoms with Gasteiger partial charge in [-0.15, -0.1) is 11.8 Å². The third-order valence-electron chi connectivity index (χ3n) is 1.88. The molecule has 1 heterocycles. The highest BCUT2D eigenvalue weighted by molar-refractivity contribution is 7.98. The molecule has 1 aromatic heterocycles. The van der Waals surface area contributed by atoms with Gasteiger partial charge in [-0.05, 0) is 5.56 Å². The number of benzene rings is 1. The van der Waals surface area contributed by atoms with Crippen LogP contribution in [-0.2, 0) is 5.75 Å². The summed E-state index contributed by atoms with van der Waals surface area (Å²) in [6, 6.07) is 10.1. The first-order chi connectivity index (χ1) is 7.34. The van der Waals surface area contributed by atoms with Crippen molar-refractivity contribution in [3.63, 3.8) is 0 Å². The molecule has 0 spiro atoms. The van der Waals surface area contributed by atoms with Crippen molar-refractivity contribution in [2.45, 2.75) is 10.8 Å². The SMILES string of the molecule is O=c1cnc(SCc2ccccc2)c[nH]1. The van der Waals surface area contributed by atoms with Crippen LogP contribution in [0.25, 0.3) is 0 Å². The van der Waals surface area contributed by atoms with Crippen LogP contribution in [0.4, 0.5) is 0 Å². The zero-order chi connectivity index (χ0) is 10.5. The summed E-state index contributed by atoms with van der Waals surface area (Å²) in [5, 5.41) is 0.832. The molecule has 0 fully saturated rings. The topological polar surface area (TPSA) is 45.8 Å². The van der Waals surface area contributed by atoms with Crippen LogP contribution in [-0.4, -0.2) is 9.97 Å². The van der Waals surface area contributed by atoms with Gasteiger partial charge in [0.1, 0.15) is 5.03 Å². The Hall–Kier alpha value is -1.55. The Kier molecular flexibility index (Phi) is 3.19. The van der Waals surface area contributed by atoms with Gasteiger partial charge in [-0.1, -0.05) is 30.3 Å². The van der Waals surface area contributed by atoms with E-state index in [-0.39, 0.29) is 5.56 Å². The Balaban J connectivity index is 1.99. The Morgan fingerprint density at radius 3 is 2.73 bits per heavy atom. The maximum atomic E-state index is 10.8. The number of hydrogen-bond donors (Lipinski definition) is 1. The highest BCUT2D eigenvalue weighted by Crippen LogP contribution is 2.18. The predicted molar refractivity (Wildman–Crippen MR) is 60.9 cm³/mol. The third kappa shape index (κ3) is 2.95. The van der Waals surface area contributed by atoms with Gasteiger partial charge in [0.15, 0.2) is 0 Å². The van der Waals surface area contributed by atoms with Gasteiger partial charge in [0.05, 0.1) is 6.20 Å². The Bertz CT molecular complexity index is 461. The van der Waals surface area contributed by atoms with E-state index in [9.17, 15) is 4.79 Å². The van der Waals surface area contributed by atoms with Gasteiger partial charge in [0.25, 0.3) is 5.56 Å². The van der Waals surface area contributed by atoms with Gasteiger partial charge in [0.2, 0.25) is 0 Å². The minimum atomic E-state index is -0.168. The van der Waals surface area contributed by atoms with Gasteiger partial charge in [-0.2, -0.15) is 0 Å². The van der Waals surface area contributed by atoms with Gasteiger partial charge in [0, 0.05) is 11.9 Å². The molecule has 0 amide bonds. The molecule has 0 aliphatic rings. The number of thioether (sulfide) groups is 1. The van der Waals surface area contributed by atoms with E-state index in [2.05, 4.69) is 22.1 Å². The molecule has 0 saturated carbocycles. The molecule has 2 rings (SSSR count). The van der Waals surface area contributed by atoms with Crippen LogP contribution >= 0.6 is 11.8 Å². The van der Waals surface area contributed by atoms with Crippen LogP contribution in [0.1, 0.15) is 5.56 Å². The first-order valence-corrected chi connectivity index (χ1v) is 5.54. The molecule has 3 nitrogen and oxygen atoms in total. The fourth-order valence-corrected chi connectivity index (χ4v) is 1.92. The fourth-order valence-electron chi connectivity index (χ4n) is 1.14. The van der Waals surface area contributed by atoms with Crippen molar-refractivity contribution in [1.82, 2.24) is 9.97 Å². The molecule has 15 heavy (non-hydrogen) atoms. The number of hydrogen-bond acceptors (Lipinski definition) is 3. The quantitative estimate of drug-likeness (QED) is 0.802. The molecule has 76 valence electrons. The van der Waals surface area contributed by atoms with E-state index in [1.807, 2.05) is 18.2 Å². The molecule has 0 unspecified atom stereocenters.